The Bertz CT molecular complexity index is 1310. The number of carbonyl (C=O) groups excluding carboxylic acids is 3. The molecule has 0 saturated carbocycles. The quantitative estimate of drug-likeness (QED) is 0.152. The van der Waals surface area contributed by atoms with E-state index in [1.54, 1.807) is 61.5 Å². The molecule has 1 aliphatic heterocycles. The zero-order valence-corrected chi connectivity index (χ0v) is 20.4. The molecule has 0 spiro atoms. The number of aliphatic hydroxyl groups excluding tert-OH is 1. The lowest BCUT2D eigenvalue weighted by molar-refractivity contribution is -0.132. The number of rotatable bonds is 6. The average Bonchev–Trinajstić information content (AvgIpc) is 3.35. The molecule has 0 aliphatic carbocycles. The lowest BCUT2D eigenvalue weighted by atomic mass is 9.95. The molecule has 1 aromatic heterocycles. The summed E-state index contributed by atoms with van der Waals surface area (Å²) in [4.78, 5) is 44.7. The van der Waals surface area contributed by atoms with Gasteiger partial charge in [0.15, 0.2) is 5.13 Å². The van der Waals surface area contributed by atoms with Gasteiger partial charge in [-0.2, -0.15) is 0 Å². The number of aliphatic hydroxyl groups is 1. The van der Waals surface area contributed by atoms with Crippen molar-refractivity contribution in [2.45, 2.75) is 13.0 Å². The van der Waals surface area contributed by atoms with Gasteiger partial charge in [-0.05, 0) is 24.6 Å². The van der Waals surface area contributed by atoms with Crippen molar-refractivity contribution in [2.24, 2.45) is 0 Å². The molecule has 1 fully saturated rings. The minimum Gasteiger partial charge on any atom is -0.507 e. The van der Waals surface area contributed by atoms with Gasteiger partial charge >= 0.3 is 11.9 Å². The van der Waals surface area contributed by atoms with Crippen LogP contribution < -0.4 is 4.90 Å². The van der Waals surface area contributed by atoms with Gasteiger partial charge in [0.1, 0.15) is 17.2 Å². The summed E-state index contributed by atoms with van der Waals surface area (Å²) in [5.74, 6) is -2.56. The van der Waals surface area contributed by atoms with E-state index in [1.165, 1.54) is 11.0 Å². The van der Waals surface area contributed by atoms with E-state index in [4.69, 9.17) is 4.74 Å². The lowest BCUT2D eigenvalue weighted by Gasteiger charge is -2.23. The molecule has 172 valence electrons. The second-order valence-electron chi connectivity index (χ2n) is 7.38. The van der Waals surface area contributed by atoms with Gasteiger partial charge in [-0.3, -0.25) is 14.5 Å². The van der Waals surface area contributed by atoms with Crippen molar-refractivity contribution < 1.29 is 24.2 Å². The highest BCUT2D eigenvalue weighted by Crippen LogP contribution is 2.44. The molecule has 1 atom stereocenters. The molecule has 1 N–H and O–H groups in total. The highest BCUT2D eigenvalue weighted by Gasteiger charge is 2.48. The zero-order chi connectivity index (χ0) is 24.4. The van der Waals surface area contributed by atoms with Gasteiger partial charge in [0, 0.05) is 10.0 Å². The minimum absolute atomic E-state index is 0.0337. The molecule has 0 radical (unpaired) electrons. The summed E-state index contributed by atoms with van der Waals surface area (Å²) in [6.07, 6.45) is 1.45. The Hall–Kier alpha value is -3.56. The summed E-state index contributed by atoms with van der Waals surface area (Å²) >= 11 is 4.34. The highest BCUT2D eigenvalue weighted by atomic mass is 79.9. The number of hydrogen-bond acceptors (Lipinski definition) is 7. The summed E-state index contributed by atoms with van der Waals surface area (Å²) in [6.45, 7) is 5.18. The van der Waals surface area contributed by atoms with E-state index >= 15 is 0 Å². The van der Waals surface area contributed by atoms with E-state index in [0.29, 0.717) is 16.8 Å². The first kappa shape index (κ1) is 23.6. The Morgan fingerprint density at radius 3 is 2.53 bits per heavy atom. The molecular weight excluding hydrogens is 520 g/mol. The molecule has 1 amide bonds. The van der Waals surface area contributed by atoms with Crippen LogP contribution >= 0.6 is 27.3 Å². The first-order chi connectivity index (χ1) is 16.3. The Morgan fingerprint density at radius 2 is 1.88 bits per heavy atom. The maximum absolute atomic E-state index is 13.2. The van der Waals surface area contributed by atoms with E-state index in [9.17, 15) is 19.5 Å². The minimum atomic E-state index is -0.934. The van der Waals surface area contributed by atoms with Crippen molar-refractivity contribution in [3.63, 3.8) is 0 Å². The molecule has 0 bridgehead atoms. The number of thiazole rings is 1. The number of esters is 1. The Kier molecular flexibility index (Phi) is 6.76. The second-order valence-corrected chi connectivity index (χ2v) is 9.28. The van der Waals surface area contributed by atoms with E-state index in [2.05, 4.69) is 27.5 Å². The third-order valence-electron chi connectivity index (χ3n) is 5.19. The monoisotopic (exact) mass is 538 g/mol. The van der Waals surface area contributed by atoms with Crippen LogP contribution in [0.4, 0.5) is 5.13 Å². The number of nitrogens with zero attached hydrogens (tertiary/aromatic N) is 2. The van der Waals surface area contributed by atoms with Crippen LogP contribution in [0.25, 0.3) is 5.76 Å². The Morgan fingerprint density at radius 1 is 1.21 bits per heavy atom. The second kappa shape index (κ2) is 9.74. The molecule has 34 heavy (non-hydrogen) atoms. The summed E-state index contributed by atoms with van der Waals surface area (Å²) in [7, 11) is 0. The van der Waals surface area contributed by atoms with Gasteiger partial charge in [0.2, 0.25) is 0 Å². The molecule has 7 nitrogen and oxygen atoms in total. The van der Waals surface area contributed by atoms with Crippen molar-refractivity contribution in [1.82, 2.24) is 4.98 Å². The van der Waals surface area contributed by atoms with Gasteiger partial charge in [-0.25, -0.2) is 9.78 Å². The molecule has 2 heterocycles. The summed E-state index contributed by atoms with van der Waals surface area (Å²) in [6, 6.07) is 14.7. The van der Waals surface area contributed by atoms with Crippen molar-refractivity contribution >= 4 is 55.8 Å². The van der Waals surface area contributed by atoms with Crippen LogP contribution in [0.5, 0.6) is 0 Å². The number of ketones is 1. The predicted molar refractivity (Wildman–Crippen MR) is 133 cm³/mol. The standard InChI is InChI=1S/C25H19BrN2O5S/c1-3-13-33-24(32)22-14(2)27-25(34-22)28-19(15-9-11-17(26)12-10-15)18(21(30)23(28)31)20(29)16-7-5-4-6-8-16/h3-12,19,29H,1,13H2,2H3/b20-18+. The van der Waals surface area contributed by atoms with Crippen molar-refractivity contribution in [2.75, 3.05) is 11.5 Å². The molecular formula is C25H19BrN2O5S. The van der Waals surface area contributed by atoms with Crippen LogP contribution in [0.3, 0.4) is 0 Å². The summed E-state index contributed by atoms with van der Waals surface area (Å²) < 4.78 is 5.93. The first-order valence-electron chi connectivity index (χ1n) is 10.2. The predicted octanol–water partition coefficient (Wildman–Crippen LogP) is 5.18. The maximum Gasteiger partial charge on any atom is 0.350 e. The molecule has 1 saturated heterocycles. The van der Waals surface area contributed by atoms with Crippen molar-refractivity contribution in [3.8, 4) is 0 Å². The smallest absolute Gasteiger partial charge is 0.350 e. The van der Waals surface area contributed by atoms with Crippen LogP contribution in [-0.4, -0.2) is 34.4 Å². The number of benzene rings is 2. The van der Waals surface area contributed by atoms with Crippen LogP contribution in [-0.2, 0) is 14.3 Å². The van der Waals surface area contributed by atoms with E-state index in [1.807, 2.05) is 0 Å². The number of ether oxygens (including phenoxy) is 1. The fourth-order valence-electron chi connectivity index (χ4n) is 3.62. The highest BCUT2D eigenvalue weighted by molar-refractivity contribution is 9.10. The Labute approximate surface area is 208 Å². The zero-order valence-electron chi connectivity index (χ0n) is 18.0. The number of hydrogen-bond donors (Lipinski definition) is 1. The number of Topliss-reactive ketones (excluding diaryl/α,β-unsaturated/α-hetero) is 1. The lowest BCUT2D eigenvalue weighted by Crippen LogP contribution is -2.29. The van der Waals surface area contributed by atoms with Crippen LogP contribution in [0.15, 0.2) is 77.3 Å². The number of aryl methyl sites for hydroxylation is 1. The molecule has 3 aromatic rings. The fraction of sp³-hybridized carbons (Fsp3) is 0.120. The molecule has 2 aromatic carbocycles. The fourth-order valence-corrected chi connectivity index (χ4v) is 4.87. The number of halogens is 1. The van der Waals surface area contributed by atoms with Gasteiger partial charge in [-0.15, -0.1) is 0 Å². The summed E-state index contributed by atoms with van der Waals surface area (Å²) in [5.41, 5.74) is 1.32. The van der Waals surface area contributed by atoms with Gasteiger partial charge in [0.05, 0.1) is 17.3 Å². The van der Waals surface area contributed by atoms with Crippen LogP contribution in [0.1, 0.15) is 32.5 Å². The van der Waals surface area contributed by atoms with Crippen LogP contribution in [0, 0.1) is 6.92 Å². The SMILES string of the molecule is C=CCOC(=O)c1sc(N2C(=O)C(=O)/C(=C(/O)c3ccccc3)C2c2ccc(Br)cc2)nc1C. The first-order valence-corrected chi connectivity index (χ1v) is 11.8. The normalized spacial score (nSPS) is 17.1. The molecule has 9 heteroatoms. The Balaban J connectivity index is 1.88. The maximum atomic E-state index is 13.2. The summed E-state index contributed by atoms with van der Waals surface area (Å²) in [5, 5.41) is 11.2. The van der Waals surface area contributed by atoms with E-state index in [-0.39, 0.29) is 27.9 Å². The third-order valence-corrected chi connectivity index (χ3v) is 6.85. The third kappa shape index (κ3) is 4.32. The topological polar surface area (TPSA) is 96.8 Å². The molecule has 1 unspecified atom stereocenters. The van der Waals surface area contributed by atoms with E-state index < -0.39 is 23.7 Å². The molecule has 1 aliphatic rings. The van der Waals surface area contributed by atoms with Crippen LogP contribution in [0.2, 0.25) is 0 Å². The number of amides is 1. The van der Waals surface area contributed by atoms with Crippen molar-refractivity contribution in [1.29, 1.82) is 0 Å². The average molecular weight is 539 g/mol. The van der Waals surface area contributed by atoms with Gasteiger partial charge in [-0.1, -0.05) is 82.4 Å². The number of carbonyl (C=O) groups is 3. The van der Waals surface area contributed by atoms with Gasteiger partial charge in [0.25, 0.3) is 5.78 Å². The number of anilines is 1. The number of aromatic nitrogens is 1. The largest absolute Gasteiger partial charge is 0.507 e. The van der Waals surface area contributed by atoms with Gasteiger partial charge < -0.3 is 9.84 Å². The molecule has 4 rings (SSSR count). The van der Waals surface area contributed by atoms with Crippen molar-refractivity contribution in [3.05, 3.63) is 99.0 Å². The van der Waals surface area contributed by atoms with E-state index in [0.717, 1.165) is 15.8 Å².